The second kappa shape index (κ2) is 5.28. The Bertz CT molecular complexity index is 726. The summed E-state index contributed by atoms with van der Waals surface area (Å²) >= 11 is 0. The fourth-order valence-corrected chi connectivity index (χ4v) is 2.28. The van der Waals surface area contributed by atoms with Crippen LogP contribution in [0.1, 0.15) is 15.9 Å². The topological polar surface area (TPSA) is 71.7 Å². The summed E-state index contributed by atoms with van der Waals surface area (Å²) in [5.74, 6) is 0.678. The number of carbonyl (C=O) groups is 1. The Morgan fingerprint density at radius 1 is 1.33 bits per heavy atom. The van der Waals surface area contributed by atoms with Crippen LogP contribution in [0.15, 0.2) is 43.1 Å². The largest absolute Gasteiger partial charge is 0.337 e. The van der Waals surface area contributed by atoms with E-state index in [4.69, 9.17) is 0 Å². The summed E-state index contributed by atoms with van der Waals surface area (Å²) in [6.45, 7) is 0.495. The monoisotopic (exact) mass is 284 g/mol. The van der Waals surface area contributed by atoms with Crippen molar-refractivity contribution in [3.63, 3.8) is 0 Å². The zero-order valence-electron chi connectivity index (χ0n) is 11.9. The van der Waals surface area contributed by atoms with Crippen LogP contribution in [0, 0.1) is 0 Å². The van der Waals surface area contributed by atoms with E-state index in [2.05, 4.69) is 15.3 Å². The van der Waals surface area contributed by atoms with Gasteiger partial charge in [-0.2, -0.15) is 10.2 Å². The number of rotatable bonds is 4. The third kappa shape index (κ3) is 2.45. The summed E-state index contributed by atoms with van der Waals surface area (Å²) in [5, 5.41) is 10.8. The number of carbonyl (C=O) groups excluding carboxylic acids is 1. The van der Waals surface area contributed by atoms with Crippen molar-refractivity contribution in [3.8, 4) is 5.82 Å². The van der Waals surface area contributed by atoms with Gasteiger partial charge in [0.1, 0.15) is 11.4 Å². The summed E-state index contributed by atoms with van der Waals surface area (Å²) < 4.78 is 3.57. The first kappa shape index (κ1) is 13.2. The highest BCUT2D eigenvalue weighted by Gasteiger charge is 2.20. The molecule has 0 atom stereocenters. The SMILES string of the molecule is CN(Cc1cn[nH]c1)C(=O)c1cnn(C)c1-n1cccc1. The van der Waals surface area contributed by atoms with E-state index in [9.17, 15) is 4.79 Å². The molecule has 3 aromatic rings. The maximum atomic E-state index is 12.6. The molecule has 1 N–H and O–H groups in total. The van der Waals surface area contributed by atoms with E-state index < -0.39 is 0 Å². The van der Waals surface area contributed by atoms with Gasteiger partial charge in [0.25, 0.3) is 5.91 Å². The van der Waals surface area contributed by atoms with Crippen molar-refractivity contribution < 1.29 is 4.79 Å². The first-order chi connectivity index (χ1) is 10.2. The van der Waals surface area contributed by atoms with Crippen LogP contribution in [0.25, 0.3) is 5.82 Å². The molecule has 3 aromatic heterocycles. The molecule has 0 saturated heterocycles. The average molecular weight is 284 g/mol. The molecule has 0 saturated carbocycles. The maximum absolute atomic E-state index is 12.6. The number of aromatic nitrogens is 5. The maximum Gasteiger partial charge on any atom is 0.259 e. The predicted octanol–water partition coefficient (Wildman–Crippen LogP) is 1.21. The van der Waals surface area contributed by atoms with E-state index in [1.807, 2.05) is 36.1 Å². The lowest BCUT2D eigenvalue weighted by Gasteiger charge is -2.16. The molecule has 0 fully saturated rings. The van der Waals surface area contributed by atoms with Gasteiger partial charge in [0.2, 0.25) is 0 Å². The summed E-state index contributed by atoms with van der Waals surface area (Å²) in [7, 11) is 3.59. The minimum atomic E-state index is -0.0759. The van der Waals surface area contributed by atoms with Gasteiger partial charge in [-0.3, -0.25) is 14.6 Å². The van der Waals surface area contributed by atoms with Crippen LogP contribution in [0.3, 0.4) is 0 Å². The number of amides is 1. The molecule has 0 aromatic carbocycles. The lowest BCUT2D eigenvalue weighted by Crippen LogP contribution is -2.27. The second-order valence-corrected chi connectivity index (χ2v) is 4.86. The molecular weight excluding hydrogens is 268 g/mol. The third-order valence-electron chi connectivity index (χ3n) is 3.31. The van der Waals surface area contributed by atoms with Gasteiger partial charge in [-0.05, 0) is 12.1 Å². The van der Waals surface area contributed by atoms with Crippen molar-refractivity contribution in [1.29, 1.82) is 0 Å². The van der Waals surface area contributed by atoms with Crippen LogP contribution in [0.4, 0.5) is 0 Å². The van der Waals surface area contributed by atoms with E-state index in [1.54, 1.807) is 35.2 Å². The van der Waals surface area contributed by atoms with E-state index >= 15 is 0 Å². The van der Waals surface area contributed by atoms with Gasteiger partial charge in [0, 0.05) is 44.8 Å². The summed E-state index contributed by atoms with van der Waals surface area (Å²) in [5.41, 5.74) is 1.52. The Balaban J connectivity index is 1.88. The van der Waals surface area contributed by atoms with Crippen LogP contribution in [-0.2, 0) is 13.6 Å². The normalized spacial score (nSPS) is 10.8. The number of aromatic amines is 1. The second-order valence-electron chi connectivity index (χ2n) is 4.86. The molecule has 1 amide bonds. The molecule has 21 heavy (non-hydrogen) atoms. The molecule has 7 nitrogen and oxygen atoms in total. The van der Waals surface area contributed by atoms with Crippen LogP contribution in [0.2, 0.25) is 0 Å². The zero-order chi connectivity index (χ0) is 14.8. The third-order valence-corrected chi connectivity index (χ3v) is 3.31. The molecular formula is C14H16N6O. The molecule has 0 spiro atoms. The number of aryl methyl sites for hydroxylation is 1. The van der Waals surface area contributed by atoms with Crippen LogP contribution in [-0.4, -0.2) is 42.4 Å². The van der Waals surface area contributed by atoms with E-state index in [0.29, 0.717) is 12.1 Å². The van der Waals surface area contributed by atoms with Crippen molar-refractivity contribution in [1.82, 2.24) is 29.4 Å². The molecule has 3 heterocycles. The standard InChI is InChI=1S/C14H16N6O/c1-18(10-11-7-15-16-8-11)14(21)12-9-17-19(2)13(12)20-5-3-4-6-20/h3-9H,10H2,1-2H3,(H,15,16). The zero-order valence-corrected chi connectivity index (χ0v) is 11.9. The van der Waals surface area contributed by atoms with Gasteiger partial charge in [-0.1, -0.05) is 0 Å². The lowest BCUT2D eigenvalue weighted by atomic mass is 10.2. The van der Waals surface area contributed by atoms with E-state index in [1.165, 1.54) is 0 Å². The van der Waals surface area contributed by atoms with Crippen LogP contribution in [0.5, 0.6) is 0 Å². The molecule has 0 unspecified atom stereocenters. The molecule has 0 aliphatic carbocycles. The average Bonchev–Trinajstić information content (AvgIpc) is 3.18. The molecule has 0 aliphatic rings. The summed E-state index contributed by atoms with van der Waals surface area (Å²) in [4.78, 5) is 14.3. The quantitative estimate of drug-likeness (QED) is 0.782. The minimum Gasteiger partial charge on any atom is -0.337 e. The Hall–Kier alpha value is -2.83. The summed E-state index contributed by atoms with van der Waals surface area (Å²) in [6.07, 6.45) is 8.87. The Labute approximate surface area is 121 Å². The summed E-state index contributed by atoms with van der Waals surface area (Å²) in [6, 6.07) is 3.83. The fraction of sp³-hybridized carbons (Fsp3) is 0.214. The Kier molecular flexibility index (Phi) is 3.31. The van der Waals surface area contributed by atoms with E-state index in [-0.39, 0.29) is 5.91 Å². The molecule has 3 rings (SSSR count). The van der Waals surface area contributed by atoms with Crippen molar-refractivity contribution >= 4 is 5.91 Å². The van der Waals surface area contributed by atoms with Gasteiger partial charge in [0.15, 0.2) is 0 Å². The van der Waals surface area contributed by atoms with Gasteiger partial charge in [0.05, 0.1) is 12.4 Å². The van der Waals surface area contributed by atoms with Gasteiger partial charge < -0.3 is 9.47 Å². The highest BCUT2D eigenvalue weighted by molar-refractivity contribution is 5.96. The molecule has 7 heteroatoms. The van der Waals surface area contributed by atoms with Crippen molar-refractivity contribution in [2.45, 2.75) is 6.54 Å². The first-order valence-electron chi connectivity index (χ1n) is 6.55. The molecule has 0 aliphatic heterocycles. The predicted molar refractivity (Wildman–Crippen MR) is 76.9 cm³/mol. The van der Waals surface area contributed by atoms with Crippen LogP contribution >= 0.6 is 0 Å². The number of hydrogen-bond acceptors (Lipinski definition) is 3. The van der Waals surface area contributed by atoms with Crippen molar-refractivity contribution in [3.05, 3.63) is 54.2 Å². The molecule has 0 radical (unpaired) electrons. The molecule has 108 valence electrons. The fourth-order valence-electron chi connectivity index (χ4n) is 2.28. The van der Waals surface area contributed by atoms with E-state index in [0.717, 1.165) is 11.4 Å². The van der Waals surface area contributed by atoms with Gasteiger partial charge in [-0.15, -0.1) is 0 Å². The number of nitrogens with zero attached hydrogens (tertiary/aromatic N) is 5. The number of H-pyrrole nitrogens is 1. The smallest absolute Gasteiger partial charge is 0.259 e. The lowest BCUT2D eigenvalue weighted by molar-refractivity contribution is 0.0785. The Morgan fingerprint density at radius 2 is 2.10 bits per heavy atom. The minimum absolute atomic E-state index is 0.0759. The highest BCUT2D eigenvalue weighted by Crippen LogP contribution is 2.16. The first-order valence-corrected chi connectivity index (χ1v) is 6.55. The van der Waals surface area contributed by atoms with Crippen molar-refractivity contribution in [2.75, 3.05) is 7.05 Å². The van der Waals surface area contributed by atoms with Crippen LogP contribution < -0.4 is 0 Å². The number of nitrogens with one attached hydrogen (secondary N) is 1. The Morgan fingerprint density at radius 3 is 2.76 bits per heavy atom. The van der Waals surface area contributed by atoms with Gasteiger partial charge in [-0.25, -0.2) is 0 Å². The van der Waals surface area contributed by atoms with Gasteiger partial charge >= 0.3 is 0 Å². The number of hydrogen-bond donors (Lipinski definition) is 1. The highest BCUT2D eigenvalue weighted by atomic mass is 16.2. The van der Waals surface area contributed by atoms with Crippen molar-refractivity contribution in [2.24, 2.45) is 7.05 Å². The molecule has 0 bridgehead atoms.